The molecule has 3 aliphatic rings. The second kappa shape index (κ2) is 7.99. The maximum atomic E-state index is 13.6. The van der Waals surface area contributed by atoms with E-state index < -0.39 is 52.4 Å². The van der Waals surface area contributed by atoms with E-state index in [1.807, 2.05) is 0 Å². The predicted molar refractivity (Wildman–Crippen MR) is 118 cm³/mol. The molecule has 36 heavy (non-hydrogen) atoms. The zero-order valence-corrected chi connectivity index (χ0v) is 19.3. The molecule has 12 heteroatoms. The van der Waals surface area contributed by atoms with Crippen molar-refractivity contribution in [3.63, 3.8) is 0 Å². The Bertz CT molecular complexity index is 1400. The second-order valence-corrected chi connectivity index (χ2v) is 8.48. The molecular weight excluding hydrogens is 476 g/mol. The van der Waals surface area contributed by atoms with Crippen LogP contribution in [0.25, 0.3) is 0 Å². The van der Waals surface area contributed by atoms with Gasteiger partial charge < -0.3 is 34.2 Å². The normalized spacial score (nSPS) is 22.2. The number of hydrogen-bond donors (Lipinski definition) is 3. The SMILES string of the molecule is COC1Oc2cc(O)c3c(c2C(=O)N1C(=O)NCc1ccoc1)OC1=CC(O)=C(C(C)=O)C(=O)[C@]13C. The van der Waals surface area contributed by atoms with Gasteiger partial charge in [-0.2, -0.15) is 4.90 Å². The molecule has 3 N–H and O–H groups in total. The van der Waals surface area contributed by atoms with E-state index in [1.54, 1.807) is 6.07 Å². The van der Waals surface area contributed by atoms with Crippen molar-refractivity contribution in [3.05, 3.63) is 64.5 Å². The molecule has 0 saturated carbocycles. The molecular formula is C24H20N2O10. The van der Waals surface area contributed by atoms with Crippen molar-refractivity contribution in [1.82, 2.24) is 10.2 Å². The topological polar surface area (TPSA) is 165 Å². The van der Waals surface area contributed by atoms with Crippen molar-refractivity contribution in [2.75, 3.05) is 7.11 Å². The number of methoxy groups -OCH3 is 1. The Morgan fingerprint density at radius 3 is 2.67 bits per heavy atom. The Balaban J connectivity index is 1.59. The fourth-order valence-electron chi connectivity index (χ4n) is 4.51. The number of ketones is 2. The average molecular weight is 496 g/mol. The number of fused-ring (bicyclic) bond motifs is 5. The van der Waals surface area contributed by atoms with Gasteiger partial charge in [0.2, 0.25) is 0 Å². The predicted octanol–water partition coefficient (Wildman–Crippen LogP) is 2.18. The summed E-state index contributed by atoms with van der Waals surface area (Å²) in [5.41, 5.74) is -1.88. The molecule has 2 aromatic rings. The number of carbonyl (C=O) groups excluding carboxylic acids is 4. The summed E-state index contributed by atoms with van der Waals surface area (Å²) in [4.78, 5) is 52.6. The number of amides is 3. The number of urea groups is 1. The number of allylic oxidation sites excluding steroid dienone is 3. The molecule has 2 atom stereocenters. The number of carbonyl (C=O) groups is 4. The summed E-state index contributed by atoms with van der Waals surface area (Å²) in [6.45, 7) is 2.57. The van der Waals surface area contributed by atoms with Crippen LogP contribution in [-0.4, -0.2) is 52.1 Å². The number of phenols is 1. The number of benzene rings is 1. The van der Waals surface area contributed by atoms with Crippen LogP contribution in [0.5, 0.6) is 17.2 Å². The highest BCUT2D eigenvalue weighted by Gasteiger charge is 2.56. The van der Waals surface area contributed by atoms with Crippen molar-refractivity contribution in [2.45, 2.75) is 32.2 Å². The minimum absolute atomic E-state index is 0.0464. The number of aromatic hydroxyl groups is 1. The van der Waals surface area contributed by atoms with Crippen LogP contribution in [0.4, 0.5) is 4.79 Å². The molecule has 1 unspecified atom stereocenters. The fraction of sp³-hybridized carbons (Fsp3) is 0.250. The van der Waals surface area contributed by atoms with Gasteiger partial charge in [-0.1, -0.05) is 0 Å². The minimum Gasteiger partial charge on any atom is -0.507 e. The van der Waals surface area contributed by atoms with Gasteiger partial charge in [-0.25, -0.2) is 4.79 Å². The minimum atomic E-state index is -1.71. The van der Waals surface area contributed by atoms with E-state index in [9.17, 15) is 29.4 Å². The number of aliphatic hydroxyl groups is 1. The van der Waals surface area contributed by atoms with Gasteiger partial charge in [-0.05, 0) is 19.9 Å². The van der Waals surface area contributed by atoms with Gasteiger partial charge in [0, 0.05) is 31.4 Å². The van der Waals surface area contributed by atoms with Crippen molar-refractivity contribution in [3.8, 4) is 17.2 Å². The van der Waals surface area contributed by atoms with Gasteiger partial charge in [0.25, 0.3) is 12.3 Å². The highest BCUT2D eigenvalue weighted by atomic mass is 16.7. The zero-order chi connectivity index (χ0) is 25.9. The molecule has 12 nitrogen and oxygen atoms in total. The third-order valence-corrected chi connectivity index (χ3v) is 6.30. The molecule has 2 aliphatic heterocycles. The van der Waals surface area contributed by atoms with Crippen molar-refractivity contribution in [2.24, 2.45) is 0 Å². The number of nitrogens with one attached hydrogen (secondary N) is 1. The highest BCUT2D eigenvalue weighted by molar-refractivity contribution is 6.26. The summed E-state index contributed by atoms with van der Waals surface area (Å²) in [6.07, 6.45) is 2.47. The van der Waals surface area contributed by atoms with Crippen LogP contribution in [-0.2, 0) is 26.3 Å². The van der Waals surface area contributed by atoms with E-state index >= 15 is 0 Å². The van der Waals surface area contributed by atoms with Crippen molar-refractivity contribution < 1.29 is 48.0 Å². The number of aliphatic hydroxyl groups excluding tert-OH is 1. The summed E-state index contributed by atoms with van der Waals surface area (Å²) in [7, 11) is 1.22. The third-order valence-electron chi connectivity index (χ3n) is 6.30. The molecule has 0 radical (unpaired) electrons. The number of nitrogens with zero attached hydrogens (tertiary/aromatic N) is 1. The first-order valence-corrected chi connectivity index (χ1v) is 10.7. The molecule has 1 aromatic carbocycles. The zero-order valence-electron chi connectivity index (χ0n) is 19.3. The van der Waals surface area contributed by atoms with Gasteiger partial charge in [0.1, 0.15) is 39.6 Å². The maximum absolute atomic E-state index is 13.6. The highest BCUT2D eigenvalue weighted by Crippen LogP contribution is 2.57. The lowest BCUT2D eigenvalue weighted by Gasteiger charge is -2.34. The number of Topliss-reactive ketones (excluding diaryl/α,β-unsaturated/α-hetero) is 2. The molecule has 3 heterocycles. The first-order valence-electron chi connectivity index (χ1n) is 10.7. The first-order chi connectivity index (χ1) is 17.1. The molecule has 0 fully saturated rings. The maximum Gasteiger partial charge on any atom is 0.329 e. The molecule has 0 bridgehead atoms. The van der Waals surface area contributed by atoms with E-state index in [4.69, 9.17) is 18.6 Å². The molecule has 3 amide bonds. The van der Waals surface area contributed by atoms with Crippen LogP contribution in [0.1, 0.15) is 35.3 Å². The van der Waals surface area contributed by atoms with Crippen LogP contribution >= 0.6 is 0 Å². The van der Waals surface area contributed by atoms with Gasteiger partial charge in [-0.15, -0.1) is 0 Å². The van der Waals surface area contributed by atoms with Gasteiger partial charge in [0.05, 0.1) is 18.1 Å². The average Bonchev–Trinajstić information content (AvgIpc) is 3.44. The van der Waals surface area contributed by atoms with Crippen molar-refractivity contribution in [1.29, 1.82) is 0 Å². The number of ether oxygens (including phenoxy) is 3. The summed E-state index contributed by atoms with van der Waals surface area (Å²) < 4.78 is 21.6. The standard InChI is InChI=1S/C24H20N2O10/c1-10(27)16-12(28)7-15-24(2,20(16)30)18-13(29)6-14-17(19(18)36-15)21(31)26(23(33-3)35-14)22(32)25-8-11-4-5-34-9-11/h4-7,9,23,28-29H,8H2,1-3H3,(H,25,32)/t23?,24-/m1/s1. The van der Waals surface area contributed by atoms with Gasteiger partial charge >= 0.3 is 6.03 Å². The lowest BCUT2D eigenvalue weighted by Crippen LogP contribution is -2.54. The van der Waals surface area contributed by atoms with Gasteiger partial charge in [-0.3, -0.25) is 14.4 Å². The van der Waals surface area contributed by atoms with Gasteiger partial charge in [0.15, 0.2) is 17.3 Å². The molecule has 0 spiro atoms. The largest absolute Gasteiger partial charge is 0.507 e. The summed E-state index contributed by atoms with van der Waals surface area (Å²) in [5, 5.41) is 23.7. The third kappa shape index (κ3) is 3.11. The van der Waals surface area contributed by atoms with E-state index in [0.717, 1.165) is 19.1 Å². The summed E-state index contributed by atoms with van der Waals surface area (Å²) in [5.74, 6) is -3.92. The van der Waals surface area contributed by atoms with Crippen LogP contribution in [0.15, 0.2) is 52.2 Å². The monoisotopic (exact) mass is 496 g/mol. The number of hydrogen-bond acceptors (Lipinski definition) is 10. The Labute approximate surface area is 203 Å². The molecule has 1 aliphatic carbocycles. The van der Waals surface area contributed by atoms with Crippen molar-refractivity contribution >= 4 is 23.5 Å². The number of furan rings is 1. The molecule has 5 rings (SSSR count). The number of imide groups is 1. The molecule has 1 aromatic heterocycles. The summed E-state index contributed by atoms with van der Waals surface area (Å²) in [6, 6.07) is 1.89. The lowest BCUT2D eigenvalue weighted by atomic mass is 9.71. The number of phenolic OH excluding ortho intramolecular Hbond substituents is 1. The first kappa shape index (κ1) is 23.2. The smallest absolute Gasteiger partial charge is 0.329 e. The van der Waals surface area contributed by atoms with Crippen LogP contribution < -0.4 is 14.8 Å². The van der Waals surface area contributed by atoms with E-state index in [0.29, 0.717) is 10.5 Å². The quantitative estimate of drug-likeness (QED) is 0.534. The Kier molecular flexibility index (Phi) is 5.14. The van der Waals surface area contributed by atoms with Crippen LogP contribution in [0.3, 0.4) is 0 Å². The second-order valence-electron chi connectivity index (χ2n) is 8.48. The van der Waals surface area contributed by atoms with Crippen LogP contribution in [0.2, 0.25) is 0 Å². The van der Waals surface area contributed by atoms with E-state index in [2.05, 4.69) is 5.32 Å². The van der Waals surface area contributed by atoms with E-state index in [-0.39, 0.29) is 34.9 Å². The van der Waals surface area contributed by atoms with Crippen LogP contribution in [0, 0.1) is 0 Å². The van der Waals surface area contributed by atoms with E-state index in [1.165, 1.54) is 26.6 Å². The molecule has 186 valence electrons. The number of rotatable bonds is 4. The Morgan fingerprint density at radius 1 is 1.28 bits per heavy atom. The summed E-state index contributed by atoms with van der Waals surface area (Å²) >= 11 is 0. The molecule has 0 saturated heterocycles. The lowest BCUT2D eigenvalue weighted by molar-refractivity contribution is -0.129. The Hall–Kier alpha value is -4.58. The fourth-order valence-corrected chi connectivity index (χ4v) is 4.51. The Morgan fingerprint density at radius 2 is 2.03 bits per heavy atom.